The predicted octanol–water partition coefficient (Wildman–Crippen LogP) is 2.28. The van der Waals surface area contributed by atoms with Crippen LogP contribution in [-0.4, -0.2) is 65.9 Å². The lowest BCUT2D eigenvalue weighted by atomic mass is 10.2. The summed E-state index contributed by atoms with van der Waals surface area (Å²) < 4.78 is 12.9. The number of piperazine rings is 1. The first-order valence-electron chi connectivity index (χ1n) is 8.92. The van der Waals surface area contributed by atoms with Gasteiger partial charge in [0.05, 0.1) is 6.54 Å². The minimum absolute atomic E-state index is 0.0988. The molecule has 2 heterocycles. The Morgan fingerprint density at radius 3 is 2.61 bits per heavy atom. The third kappa shape index (κ3) is 5.37. The van der Waals surface area contributed by atoms with E-state index in [0.29, 0.717) is 49.2 Å². The second kappa shape index (κ2) is 9.43. The van der Waals surface area contributed by atoms with E-state index in [2.05, 4.69) is 22.2 Å². The molecule has 1 fully saturated rings. The van der Waals surface area contributed by atoms with Crippen molar-refractivity contribution >= 4 is 34.0 Å². The molecule has 2 amide bonds. The number of amides is 2. The maximum atomic E-state index is 12.9. The number of hydrogen-bond donors (Lipinski definition) is 2. The summed E-state index contributed by atoms with van der Waals surface area (Å²) in [6.45, 7) is 6.75. The van der Waals surface area contributed by atoms with Gasteiger partial charge in [0.1, 0.15) is 11.5 Å². The highest BCUT2D eigenvalue weighted by molar-refractivity contribution is 7.13. The summed E-state index contributed by atoms with van der Waals surface area (Å²) in [5.74, 6) is -0.607. The molecular formula is C19H22FN5O2S. The molecule has 0 atom stereocenters. The van der Waals surface area contributed by atoms with Gasteiger partial charge in [0.2, 0.25) is 5.91 Å². The van der Waals surface area contributed by atoms with Crippen molar-refractivity contribution in [2.24, 2.45) is 0 Å². The molecule has 1 aromatic carbocycles. The number of rotatable bonds is 7. The summed E-state index contributed by atoms with van der Waals surface area (Å²) in [7, 11) is 0. The number of nitrogens with zero attached hydrogens (tertiary/aromatic N) is 3. The zero-order valence-corrected chi connectivity index (χ0v) is 16.2. The molecule has 0 radical (unpaired) electrons. The number of thiazole rings is 1. The molecule has 28 heavy (non-hydrogen) atoms. The van der Waals surface area contributed by atoms with Crippen molar-refractivity contribution in [3.63, 3.8) is 0 Å². The Hall–Kier alpha value is -2.78. The van der Waals surface area contributed by atoms with Crippen molar-refractivity contribution in [1.82, 2.24) is 14.8 Å². The summed E-state index contributed by atoms with van der Waals surface area (Å²) >= 11 is 1.39. The average Bonchev–Trinajstić information content (AvgIpc) is 3.17. The number of halogens is 1. The van der Waals surface area contributed by atoms with Crippen molar-refractivity contribution in [3.05, 3.63) is 53.8 Å². The van der Waals surface area contributed by atoms with Crippen LogP contribution in [0.4, 0.5) is 15.2 Å². The Balaban J connectivity index is 1.45. The molecular weight excluding hydrogens is 381 g/mol. The van der Waals surface area contributed by atoms with Crippen LogP contribution in [0, 0.1) is 5.82 Å². The van der Waals surface area contributed by atoms with Gasteiger partial charge in [-0.1, -0.05) is 6.08 Å². The van der Waals surface area contributed by atoms with E-state index in [-0.39, 0.29) is 24.2 Å². The van der Waals surface area contributed by atoms with Crippen LogP contribution in [0.3, 0.4) is 0 Å². The van der Waals surface area contributed by atoms with Gasteiger partial charge >= 0.3 is 0 Å². The van der Waals surface area contributed by atoms with Crippen LogP contribution in [0.2, 0.25) is 0 Å². The summed E-state index contributed by atoms with van der Waals surface area (Å²) in [6, 6.07) is 5.65. The van der Waals surface area contributed by atoms with Crippen molar-refractivity contribution in [2.75, 3.05) is 49.9 Å². The Morgan fingerprint density at radius 2 is 1.93 bits per heavy atom. The van der Waals surface area contributed by atoms with Crippen molar-refractivity contribution in [2.45, 2.75) is 0 Å². The lowest BCUT2D eigenvalue weighted by Crippen LogP contribution is -2.50. The van der Waals surface area contributed by atoms with Gasteiger partial charge in [0, 0.05) is 43.8 Å². The topological polar surface area (TPSA) is 77.6 Å². The highest BCUT2D eigenvalue weighted by Crippen LogP contribution is 2.17. The minimum Gasteiger partial charge on any atom is -0.358 e. The number of aromatic nitrogens is 1. The highest BCUT2D eigenvalue weighted by atomic mass is 32.1. The van der Waals surface area contributed by atoms with Crippen LogP contribution >= 0.6 is 11.3 Å². The molecule has 1 aliphatic heterocycles. The first-order chi connectivity index (χ1) is 13.5. The third-order valence-electron chi connectivity index (χ3n) is 4.28. The lowest BCUT2D eigenvalue weighted by Gasteiger charge is -2.33. The largest absolute Gasteiger partial charge is 0.358 e. The quantitative estimate of drug-likeness (QED) is 0.694. The molecule has 7 nitrogen and oxygen atoms in total. The number of benzene rings is 1. The maximum absolute atomic E-state index is 12.9. The van der Waals surface area contributed by atoms with Gasteiger partial charge in [-0.3, -0.25) is 14.5 Å². The predicted molar refractivity (Wildman–Crippen MR) is 108 cm³/mol. The van der Waals surface area contributed by atoms with Gasteiger partial charge in [-0.2, -0.15) is 0 Å². The van der Waals surface area contributed by atoms with Crippen LogP contribution in [0.25, 0.3) is 0 Å². The molecule has 1 aliphatic rings. The van der Waals surface area contributed by atoms with E-state index in [9.17, 15) is 14.0 Å². The van der Waals surface area contributed by atoms with E-state index in [1.54, 1.807) is 16.4 Å². The van der Waals surface area contributed by atoms with Gasteiger partial charge in [0.25, 0.3) is 5.91 Å². The van der Waals surface area contributed by atoms with Crippen molar-refractivity contribution in [1.29, 1.82) is 0 Å². The van der Waals surface area contributed by atoms with E-state index >= 15 is 0 Å². The van der Waals surface area contributed by atoms with Crippen molar-refractivity contribution in [3.8, 4) is 0 Å². The third-order valence-corrected chi connectivity index (χ3v) is 5.08. The van der Waals surface area contributed by atoms with E-state index in [4.69, 9.17) is 0 Å². The number of anilines is 2. The minimum atomic E-state index is -0.345. The van der Waals surface area contributed by atoms with Gasteiger partial charge in [-0.05, 0) is 24.3 Å². The lowest BCUT2D eigenvalue weighted by molar-refractivity contribution is -0.117. The summed E-state index contributed by atoms with van der Waals surface area (Å²) in [5.41, 5.74) is 0.990. The summed E-state index contributed by atoms with van der Waals surface area (Å²) in [5, 5.41) is 8.25. The standard InChI is InChI=1S/C19H22FN5O2S/c1-2-7-21-19-23-16(13-28-19)18(27)25-10-8-24(9-11-25)12-17(26)22-15-5-3-14(20)4-6-15/h2-6,13H,1,7-12H2,(H,21,23)(H,22,26). The molecule has 3 rings (SSSR count). The van der Waals surface area contributed by atoms with Crippen LogP contribution < -0.4 is 10.6 Å². The first kappa shape index (κ1) is 20.0. The molecule has 0 saturated carbocycles. The van der Waals surface area contributed by atoms with E-state index in [1.807, 2.05) is 4.90 Å². The number of carbonyl (C=O) groups excluding carboxylic acids is 2. The van der Waals surface area contributed by atoms with Gasteiger partial charge in [0.15, 0.2) is 5.13 Å². The first-order valence-corrected chi connectivity index (χ1v) is 9.80. The molecule has 0 unspecified atom stereocenters. The van der Waals surface area contributed by atoms with E-state index < -0.39 is 0 Å². The molecule has 1 saturated heterocycles. The molecule has 0 bridgehead atoms. The Labute approximate surface area is 166 Å². The number of nitrogens with one attached hydrogen (secondary N) is 2. The molecule has 0 aliphatic carbocycles. The van der Waals surface area contributed by atoms with Crippen molar-refractivity contribution < 1.29 is 14.0 Å². The summed E-state index contributed by atoms with van der Waals surface area (Å²) in [4.78, 5) is 32.8. The number of hydrogen-bond acceptors (Lipinski definition) is 6. The van der Waals surface area contributed by atoms with E-state index in [0.717, 1.165) is 0 Å². The number of carbonyl (C=O) groups is 2. The molecule has 1 aromatic heterocycles. The molecule has 9 heteroatoms. The Kier molecular flexibility index (Phi) is 6.72. The van der Waals surface area contributed by atoms with Crippen LogP contribution in [-0.2, 0) is 4.79 Å². The normalized spacial score (nSPS) is 14.5. The van der Waals surface area contributed by atoms with Gasteiger partial charge < -0.3 is 15.5 Å². The maximum Gasteiger partial charge on any atom is 0.273 e. The molecule has 0 spiro atoms. The monoisotopic (exact) mass is 403 g/mol. The fourth-order valence-electron chi connectivity index (χ4n) is 2.82. The fourth-order valence-corrected chi connectivity index (χ4v) is 3.52. The average molecular weight is 403 g/mol. The van der Waals surface area contributed by atoms with Crippen LogP contribution in [0.1, 0.15) is 10.5 Å². The van der Waals surface area contributed by atoms with Crippen LogP contribution in [0.5, 0.6) is 0 Å². The second-order valence-electron chi connectivity index (χ2n) is 6.33. The zero-order valence-electron chi connectivity index (χ0n) is 15.4. The molecule has 2 N–H and O–H groups in total. The van der Waals surface area contributed by atoms with Gasteiger partial charge in [-0.15, -0.1) is 17.9 Å². The highest BCUT2D eigenvalue weighted by Gasteiger charge is 2.24. The Bertz CT molecular complexity index is 831. The zero-order chi connectivity index (χ0) is 19.9. The second-order valence-corrected chi connectivity index (χ2v) is 7.19. The smallest absolute Gasteiger partial charge is 0.273 e. The fraction of sp³-hybridized carbons (Fsp3) is 0.316. The van der Waals surface area contributed by atoms with E-state index in [1.165, 1.54) is 35.6 Å². The molecule has 2 aromatic rings. The van der Waals surface area contributed by atoms with Gasteiger partial charge in [-0.25, -0.2) is 9.37 Å². The molecule has 148 valence electrons. The summed E-state index contributed by atoms with van der Waals surface area (Å²) in [6.07, 6.45) is 1.73. The van der Waals surface area contributed by atoms with Crippen LogP contribution in [0.15, 0.2) is 42.3 Å². The Morgan fingerprint density at radius 1 is 1.21 bits per heavy atom. The SMILES string of the molecule is C=CCNc1nc(C(=O)N2CCN(CC(=O)Nc3ccc(F)cc3)CC2)cs1.